The van der Waals surface area contributed by atoms with Gasteiger partial charge in [-0.1, -0.05) is 54.6 Å². The van der Waals surface area contributed by atoms with Gasteiger partial charge in [-0.15, -0.1) is 0 Å². The molecule has 0 bridgehead atoms. The van der Waals surface area contributed by atoms with E-state index in [0.29, 0.717) is 17.1 Å². The molecule has 3 unspecified atom stereocenters. The van der Waals surface area contributed by atoms with Crippen LogP contribution in [0.1, 0.15) is 64.3 Å². The highest BCUT2D eigenvalue weighted by atomic mass is 32.1. The Morgan fingerprint density at radius 3 is 2.25 bits per heavy atom. The highest BCUT2D eigenvalue weighted by Gasteiger charge is 2.45. The average Bonchev–Trinajstić information content (AvgIpc) is 4.30. The van der Waals surface area contributed by atoms with Crippen LogP contribution >= 0.6 is 19.9 Å². The standard InChI is InChI=1S/C52H54N9O14PS/c1-31-26-60(51(67)59-47(31)64)43-24-38(62)40(73-43)28-72-76(71-22-21-53-2)75-39-25-44(61-30-55-45-46(61)57-50(58-49(45)66)56-42(63)18-20-54-48(65)32-19-23-77-29-32)74-41(39)27-70-52(33-8-6-5-7-9-33,34-10-14-36(68-3)15-11-34)35-12-16-37(69-4)17-13-35/h5-17,19,23,26,29-30,38-41,43-44,62H,18,20-22,24-25,27-28H2,1,3-4H3,(H,54,65)(H,59,64,67)(H2,56,57,58,63,66)/t38?,39?,40-,41-,43-,44-,76?/m1/s1. The first-order chi connectivity index (χ1) is 37.4. The molecule has 0 spiro atoms. The maximum Gasteiger partial charge on any atom is 0.333 e. The summed E-state index contributed by atoms with van der Waals surface area (Å²) in [6.07, 6.45) is -3.06. The number of hydrogen-bond acceptors (Lipinski definition) is 17. The van der Waals surface area contributed by atoms with E-state index in [-0.39, 0.29) is 80.8 Å². The molecular weight excluding hydrogens is 1040 g/mol. The van der Waals surface area contributed by atoms with Crippen LogP contribution in [-0.2, 0) is 38.2 Å². The van der Waals surface area contributed by atoms with E-state index >= 15 is 0 Å². The molecule has 2 aliphatic heterocycles. The van der Waals surface area contributed by atoms with E-state index in [0.717, 1.165) is 16.7 Å². The van der Waals surface area contributed by atoms with Gasteiger partial charge in [-0.25, -0.2) is 16.4 Å². The second-order valence-corrected chi connectivity index (χ2v) is 19.7. The largest absolute Gasteiger partial charge is 0.497 e. The maximum atomic E-state index is 13.5. The number of aliphatic hydroxyl groups excluding tert-OH is 1. The van der Waals surface area contributed by atoms with Gasteiger partial charge in [-0.2, -0.15) is 16.3 Å². The minimum absolute atomic E-state index is 0.00911. The van der Waals surface area contributed by atoms with Gasteiger partial charge in [-0.05, 0) is 59.3 Å². The Bertz CT molecular complexity index is 3320. The van der Waals surface area contributed by atoms with Crippen LogP contribution in [0.4, 0.5) is 5.95 Å². The molecular formula is C52H54N9O14PS. The highest BCUT2D eigenvalue weighted by Crippen LogP contribution is 2.48. The number of ether oxygens (including phenoxy) is 5. The zero-order chi connectivity index (χ0) is 54.1. The third-order valence-corrected chi connectivity index (χ3v) is 14.7. The number of anilines is 1. The summed E-state index contributed by atoms with van der Waals surface area (Å²) in [4.78, 5) is 81.1. The molecule has 9 rings (SSSR count). The fourth-order valence-electron chi connectivity index (χ4n) is 8.93. The summed E-state index contributed by atoms with van der Waals surface area (Å²) >= 11 is 1.37. The molecule has 23 nitrogen and oxygen atoms in total. The van der Waals surface area contributed by atoms with Gasteiger partial charge in [0.2, 0.25) is 18.4 Å². The molecule has 0 saturated carbocycles. The number of fused-ring (bicyclic) bond motifs is 1. The van der Waals surface area contributed by atoms with Crippen molar-refractivity contribution in [2.24, 2.45) is 0 Å². The van der Waals surface area contributed by atoms with Gasteiger partial charge in [0.25, 0.3) is 17.0 Å². The van der Waals surface area contributed by atoms with E-state index in [9.17, 15) is 29.1 Å². The molecule has 2 amide bonds. The van der Waals surface area contributed by atoms with Crippen molar-refractivity contribution in [3.8, 4) is 11.5 Å². The molecule has 3 aromatic carbocycles. The molecule has 5 N–H and O–H groups in total. The number of methoxy groups -OCH3 is 2. The number of aliphatic hydroxyl groups is 1. The number of carbonyl (C=O) groups excluding carboxylic acids is 2. The van der Waals surface area contributed by atoms with E-state index in [1.165, 1.54) is 28.4 Å². The summed E-state index contributed by atoms with van der Waals surface area (Å²) in [5, 5.41) is 19.9. The number of nitrogens with zero attached hydrogens (tertiary/aromatic N) is 5. The number of benzene rings is 3. The van der Waals surface area contributed by atoms with Crippen molar-refractivity contribution in [3.63, 3.8) is 0 Å². The molecule has 402 valence electrons. The first-order valence-electron chi connectivity index (χ1n) is 24.3. The molecule has 7 atom stereocenters. The van der Waals surface area contributed by atoms with E-state index in [1.54, 1.807) is 42.5 Å². The van der Waals surface area contributed by atoms with E-state index in [4.69, 9.17) is 43.8 Å². The lowest BCUT2D eigenvalue weighted by Crippen LogP contribution is -2.38. The van der Waals surface area contributed by atoms with Crippen LogP contribution in [0.5, 0.6) is 11.5 Å². The van der Waals surface area contributed by atoms with E-state index < -0.39 is 73.8 Å². The van der Waals surface area contributed by atoms with Gasteiger partial charge in [0.15, 0.2) is 11.2 Å². The van der Waals surface area contributed by atoms with Gasteiger partial charge in [-0.3, -0.25) is 43.6 Å². The topological polar surface area (TPSA) is 275 Å². The Labute approximate surface area is 444 Å². The van der Waals surface area contributed by atoms with Crippen molar-refractivity contribution in [3.05, 3.63) is 179 Å². The molecule has 0 radical (unpaired) electrons. The quantitative estimate of drug-likeness (QED) is 0.0235. The molecule has 77 heavy (non-hydrogen) atoms. The summed E-state index contributed by atoms with van der Waals surface area (Å²) in [6.45, 7) is 8.47. The number of nitrogens with one attached hydrogen (secondary N) is 4. The maximum absolute atomic E-state index is 13.5. The number of imidazole rings is 1. The van der Waals surface area contributed by atoms with Crippen LogP contribution in [0.3, 0.4) is 0 Å². The van der Waals surface area contributed by atoms with Crippen molar-refractivity contribution in [1.29, 1.82) is 0 Å². The molecule has 6 heterocycles. The Balaban J connectivity index is 1.02. The van der Waals surface area contributed by atoms with Crippen LogP contribution in [0.15, 0.2) is 123 Å². The summed E-state index contributed by atoms with van der Waals surface area (Å²) in [6, 6.07) is 26.3. The zero-order valence-corrected chi connectivity index (χ0v) is 43.6. The first kappa shape index (κ1) is 54.4. The number of carbonyl (C=O) groups is 2. The van der Waals surface area contributed by atoms with Crippen molar-refractivity contribution < 1.29 is 52.0 Å². The molecule has 4 aromatic heterocycles. The average molecular weight is 1090 g/mol. The third-order valence-electron chi connectivity index (χ3n) is 12.9. The Morgan fingerprint density at radius 2 is 1.57 bits per heavy atom. The number of H-pyrrole nitrogens is 2. The van der Waals surface area contributed by atoms with Crippen LogP contribution in [-0.4, -0.2) is 118 Å². The van der Waals surface area contributed by atoms with Crippen LogP contribution in [0.25, 0.3) is 16.0 Å². The number of aryl methyl sites for hydroxylation is 1. The second kappa shape index (κ2) is 24.7. The molecule has 2 aliphatic rings. The number of hydrogen-bond donors (Lipinski definition) is 5. The molecule has 25 heteroatoms. The second-order valence-electron chi connectivity index (χ2n) is 17.8. The van der Waals surface area contributed by atoms with Crippen LogP contribution in [0.2, 0.25) is 0 Å². The minimum atomic E-state index is -2.35. The van der Waals surface area contributed by atoms with E-state index in [2.05, 4.69) is 35.4 Å². The third kappa shape index (κ3) is 12.4. The number of rotatable bonds is 23. The lowest BCUT2D eigenvalue weighted by molar-refractivity contribution is -0.116. The zero-order valence-electron chi connectivity index (χ0n) is 41.9. The smallest absolute Gasteiger partial charge is 0.333 e. The first-order valence-corrected chi connectivity index (χ1v) is 26.3. The number of thiophene rings is 1. The lowest BCUT2D eigenvalue weighted by atomic mass is 9.80. The van der Waals surface area contributed by atoms with Crippen molar-refractivity contribution in [2.75, 3.05) is 52.4 Å². The van der Waals surface area contributed by atoms with Crippen LogP contribution in [0, 0.1) is 13.5 Å². The summed E-state index contributed by atoms with van der Waals surface area (Å²) in [5.41, 5.74) is -0.152. The summed E-state index contributed by atoms with van der Waals surface area (Å²) in [7, 11) is 0.818. The predicted molar refractivity (Wildman–Crippen MR) is 281 cm³/mol. The van der Waals surface area contributed by atoms with Crippen LogP contribution < -0.4 is 36.9 Å². The Kier molecular flexibility index (Phi) is 17.4. The predicted octanol–water partition coefficient (Wildman–Crippen LogP) is 5.32. The summed E-state index contributed by atoms with van der Waals surface area (Å²) in [5.74, 6) is 0.230. The fourth-order valence-corrected chi connectivity index (χ4v) is 10.7. The van der Waals surface area contributed by atoms with Gasteiger partial charge in [0.1, 0.15) is 48.4 Å². The van der Waals surface area contributed by atoms with E-state index in [1.807, 2.05) is 78.9 Å². The lowest BCUT2D eigenvalue weighted by Gasteiger charge is -2.37. The normalized spacial score (nSPS) is 19.7. The van der Waals surface area contributed by atoms with Crippen molar-refractivity contribution >= 4 is 48.9 Å². The monoisotopic (exact) mass is 1090 g/mol. The Morgan fingerprint density at radius 1 is 0.883 bits per heavy atom. The molecule has 2 fully saturated rings. The van der Waals surface area contributed by atoms with Crippen molar-refractivity contribution in [2.45, 2.75) is 68.7 Å². The number of aromatic nitrogens is 6. The minimum Gasteiger partial charge on any atom is -0.497 e. The molecule has 7 aromatic rings. The summed E-state index contributed by atoms with van der Waals surface area (Å²) < 4.78 is 53.2. The Hall–Kier alpha value is -7.43. The van der Waals surface area contributed by atoms with Gasteiger partial charge < -0.3 is 52.5 Å². The van der Waals surface area contributed by atoms with Gasteiger partial charge in [0, 0.05) is 48.5 Å². The van der Waals surface area contributed by atoms with Gasteiger partial charge >= 0.3 is 14.3 Å². The molecule has 0 aliphatic carbocycles. The molecule has 2 saturated heterocycles. The van der Waals surface area contributed by atoms with Crippen molar-refractivity contribution in [1.82, 2.24) is 34.4 Å². The highest BCUT2D eigenvalue weighted by molar-refractivity contribution is 7.41. The SMILES string of the molecule is [C-]#[N+]CCOP(OC[C@H]1O[C@@H](n2cc(C)c(=O)[nH]c2=O)CC1O)OC1C[C@H](n2cnc3c(=O)[nH]c(NC(=O)CCNC(=O)c4ccsc4)nc32)O[C@@H]1COC(c1ccccc1)(c1ccc(OC)cc1)c1ccc(OC)cc1. The van der Waals surface area contributed by atoms with Gasteiger partial charge in [0.05, 0.1) is 46.0 Å². The fraction of sp³-hybridized carbons (Fsp3) is 0.346. The number of aromatic amines is 2. The number of amides is 2.